The summed E-state index contributed by atoms with van der Waals surface area (Å²) < 4.78 is 5.29. The maximum atomic E-state index is 12.0. The molecule has 94 valence electrons. The van der Waals surface area contributed by atoms with Crippen molar-refractivity contribution in [1.29, 1.82) is 0 Å². The molecule has 1 heterocycles. The molecule has 0 aromatic carbocycles. The first-order valence-electron chi connectivity index (χ1n) is 5.98. The Labute approximate surface area is 98.3 Å². The van der Waals surface area contributed by atoms with Gasteiger partial charge < -0.3 is 15.0 Å². The van der Waals surface area contributed by atoms with Gasteiger partial charge in [0.2, 0.25) is 5.91 Å². The van der Waals surface area contributed by atoms with Crippen molar-refractivity contribution in [2.45, 2.75) is 44.8 Å². The van der Waals surface area contributed by atoms with Crippen LogP contribution in [0, 0.1) is 0 Å². The van der Waals surface area contributed by atoms with Crippen molar-refractivity contribution < 1.29 is 9.53 Å². The first-order chi connectivity index (χ1) is 7.46. The summed E-state index contributed by atoms with van der Waals surface area (Å²) in [4.78, 5) is 13.9. The van der Waals surface area contributed by atoms with Gasteiger partial charge in [0, 0.05) is 20.2 Å². The Hall–Kier alpha value is -0.610. The Morgan fingerprint density at radius 3 is 2.50 bits per heavy atom. The molecular weight excluding hydrogens is 204 g/mol. The first-order valence-corrected chi connectivity index (χ1v) is 5.98. The molecule has 0 saturated carbocycles. The Morgan fingerprint density at radius 1 is 1.44 bits per heavy atom. The van der Waals surface area contributed by atoms with Crippen LogP contribution in [0.4, 0.5) is 0 Å². The van der Waals surface area contributed by atoms with Gasteiger partial charge in [0.25, 0.3) is 0 Å². The van der Waals surface area contributed by atoms with Crippen LogP contribution in [0.3, 0.4) is 0 Å². The number of hydrogen-bond donors (Lipinski definition) is 1. The SMILES string of the molecule is COC(C)(C)CC(=O)N(C)C1CCNCC1. The van der Waals surface area contributed by atoms with Gasteiger partial charge in [0.05, 0.1) is 12.0 Å². The van der Waals surface area contributed by atoms with Crippen molar-refractivity contribution in [1.82, 2.24) is 10.2 Å². The second-order valence-electron chi connectivity index (χ2n) is 5.13. The molecule has 0 aromatic rings. The van der Waals surface area contributed by atoms with Gasteiger partial charge in [-0.3, -0.25) is 4.79 Å². The van der Waals surface area contributed by atoms with Crippen molar-refractivity contribution in [2.75, 3.05) is 27.2 Å². The highest BCUT2D eigenvalue weighted by molar-refractivity contribution is 5.77. The number of rotatable bonds is 4. The molecule has 1 N–H and O–H groups in total. The van der Waals surface area contributed by atoms with Crippen LogP contribution in [0.1, 0.15) is 33.1 Å². The molecule has 1 rings (SSSR count). The van der Waals surface area contributed by atoms with E-state index in [4.69, 9.17) is 4.74 Å². The van der Waals surface area contributed by atoms with Crippen LogP contribution in [0.25, 0.3) is 0 Å². The zero-order valence-corrected chi connectivity index (χ0v) is 10.9. The van der Waals surface area contributed by atoms with Crippen LogP contribution < -0.4 is 5.32 Å². The molecule has 0 spiro atoms. The van der Waals surface area contributed by atoms with Gasteiger partial charge in [0.15, 0.2) is 0 Å². The highest BCUT2D eigenvalue weighted by atomic mass is 16.5. The molecular formula is C12H24N2O2. The van der Waals surface area contributed by atoms with Gasteiger partial charge >= 0.3 is 0 Å². The van der Waals surface area contributed by atoms with Crippen LogP contribution >= 0.6 is 0 Å². The molecule has 0 unspecified atom stereocenters. The predicted molar refractivity (Wildman–Crippen MR) is 64.4 cm³/mol. The quantitative estimate of drug-likeness (QED) is 0.781. The lowest BCUT2D eigenvalue weighted by Gasteiger charge is -2.33. The third-order valence-corrected chi connectivity index (χ3v) is 3.38. The molecule has 1 aliphatic heterocycles. The first kappa shape index (κ1) is 13.5. The summed E-state index contributed by atoms with van der Waals surface area (Å²) in [6.07, 6.45) is 2.55. The smallest absolute Gasteiger partial charge is 0.225 e. The zero-order valence-electron chi connectivity index (χ0n) is 10.9. The third-order valence-electron chi connectivity index (χ3n) is 3.38. The van der Waals surface area contributed by atoms with Crippen LogP contribution in [-0.2, 0) is 9.53 Å². The molecule has 0 bridgehead atoms. The molecule has 4 nitrogen and oxygen atoms in total. The van der Waals surface area contributed by atoms with E-state index in [1.807, 2.05) is 25.8 Å². The van der Waals surface area contributed by atoms with Crippen molar-refractivity contribution in [2.24, 2.45) is 0 Å². The van der Waals surface area contributed by atoms with E-state index in [0.29, 0.717) is 12.5 Å². The number of methoxy groups -OCH3 is 1. The van der Waals surface area contributed by atoms with Crippen molar-refractivity contribution in [3.05, 3.63) is 0 Å². The van der Waals surface area contributed by atoms with Crippen molar-refractivity contribution >= 4 is 5.91 Å². The normalized spacial score (nSPS) is 18.5. The summed E-state index contributed by atoms with van der Waals surface area (Å²) in [6, 6.07) is 0.390. The molecule has 16 heavy (non-hydrogen) atoms. The monoisotopic (exact) mass is 228 g/mol. The Kier molecular flexibility index (Phi) is 4.74. The number of ether oxygens (including phenoxy) is 1. The summed E-state index contributed by atoms with van der Waals surface area (Å²) in [5.41, 5.74) is -0.363. The van der Waals surface area contributed by atoms with Gasteiger partial charge in [-0.1, -0.05) is 0 Å². The fourth-order valence-corrected chi connectivity index (χ4v) is 1.96. The lowest BCUT2D eigenvalue weighted by atomic mass is 10.0. The maximum Gasteiger partial charge on any atom is 0.225 e. The number of amides is 1. The maximum absolute atomic E-state index is 12.0. The van der Waals surface area contributed by atoms with E-state index in [-0.39, 0.29) is 11.5 Å². The van der Waals surface area contributed by atoms with Crippen molar-refractivity contribution in [3.63, 3.8) is 0 Å². The summed E-state index contributed by atoms with van der Waals surface area (Å²) in [6.45, 7) is 5.91. The molecule has 1 fully saturated rings. The van der Waals surface area contributed by atoms with E-state index in [2.05, 4.69) is 5.32 Å². The fraction of sp³-hybridized carbons (Fsp3) is 0.917. The highest BCUT2D eigenvalue weighted by Crippen LogP contribution is 2.17. The minimum atomic E-state index is -0.363. The number of nitrogens with one attached hydrogen (secondary N) is 1. The van der Waals surface area contributed by atoms with Gasteiger partial charge in [-0.2, -0.15) is 0 Å². The second-order valence-corrected chi connectivity index (χ2v) is 5.13. The number of piperidine rings is 1. The number of nitrogens with zero attached hydrogens (tertiary/aromatic N) is 1. The summed E-state index contributed by atoms with van der Waals surface area (Å²) in [5.74, 6) is 0.179. The fourth-order valence-electron chi connectivity index (χ4n) is 1.96. The molecule has 0 atom stereocenters. The average Bonchev–Trinajstić information content (AvgIpc) is 2.28. The second kappa shape index (κ2) is 5.64. The molecule has 0 aliphatic carbocycles. The standard InChI is InChI=1S/C12H24N2O2/c1-12(2,16-4)9-11(15)14(3)10-5-7-13-8-6-10/h10,13H,5-9H2,1-4H3. The lowest BCUT2D eigenvalue weighted by molar-refractivity contribution is -0.137. The van der Waals surface area contributed by atoms with Gasteiger partial charge in [-0.05, 0) is 39.8 Å². The van der Waals surface area contributed by atoms with Crippen molar-refractivity contribution in [3.8, 4) is 0 Å². The summed E-state index contributed by atoms with van der Waals surface area (Å²) in [5, 5.41) is 3.31. The number of hydrogen-bond acceptors (Lipinski definition) is 3. The Bertz CT molecular complexity index is 235. The van der Waals surface area contributed by atoms with Crippen LogP contribution in [-0.4, -0.2) is 49.7 Å². The average molecular weight is 228 g/mol. The topological polar surface area (TPSA) is 41.6 Å². The minimum absolute atomic E-state index is 0.179. The van der Waals surface area contributed by atoms with Gasteiger partial charge in [0.1, 0.15) is 0 Å². The predicted octanol–water partition coefficient (Wildman–Crippen LogP) is 1.01. The molecule has 0 aromatic heterocycles. The van der Waals surface area contributed by atoms with E-state index < -0.39 is 0 Å². The van der Waals surface area contributed by atoms with Crippen LogP contribution in [0.2, 0.25) is 0 Å². The number of carbonyl (C=O) groups excluding carboxylic acids is 1. The Balaban J connectivity index is 2.46. The highest BCUT2D eigenvalue weighted by Gasteiger charge is 2.27. The van der Waals surface area contributed by atoms with E-state index in [1.165, 1.54) is 0 Å². The van der Waals surface area contributed by atoms with E-state index in [9.17, 15) is 4.79 Å². The summed E-state index contributed by atoms with van der Waals surface area (Å²) in [7, 11) is 3.56. The number of carbonyl (C=O) groups is 1. The van der Waals surface area contributed by atoms with Crippen LogP contribution in [0.5, 0.6) is 0 Å². The third kappa shape index (κ3) is 3.76. The molecule has 4 heteroatoms. The zero-order chi connectivity index (χ0) is 12.2. The van der Waals surface area contributed by atoms with Gasteiger partial charge in [-0.15, -0.1) is 0 Å². The van der Waals surface area contributed by atoms with E-state index >= 15 is 0 Å². The molecule has 1 saturated heterocycles. The lowest BCUT2D eigenvalue weighted by Crippen LogP contribution is -2.45. The minimum Gasteiger partial charge on any atom is -0.378 e. The molecule has 0 radical (unpaired) electrons. The Morgan fingerprint density at radius 2 is 2.00 bits per heavy atom. The molecule has 1 aliphatic rings. The molecule has 1 amide bonds. The van der Waals surface area contributed by atoms with Gasteiger partial charge in [-0.25, -0.2) is 0 Å². The van der Waals surface area contributed by atoms with E-state index in [0.717, 1.165) is 25.9 Å². The largest absolute Gasteiger partial charge is 0.378 e. The van der Waals surface area contributed by atoms with E-state index in [1.54, 1.807) is 7.11 Å². The van der Waals surface area contributed by atoms with Crippen LogP contribution in [0.15, 0.2) is 0 Å². The summed E-state index contributed by atoms with van der Waals surface area (Å²) >= 11 is 0.